The van der Waals surface area contributed by atoms with Crippen molar-refractivity contribution in [2.45, 2.75) is 19.4 Å². The van der Waals surface area contributed by atoms with E-state index in [1.165, 1.54) is 17.7 Å². The first-order chi connectivity index (χ1) is 22.7. The fraction of sp³-hybridized carbons (Fsp3) is 0.167. The minimum atomic E-state index is -1.13. The molecule has 0 saturated carbocycles. The maximum absolute atomic E-state index is 14.2. The highest BCUT2D eigenvalue weighted by Crippen LogP contribution is 2.44. The van der Waals surface area contributed by atoms with E-state index in [2.05, 4.69) is 36.2 Å². The Hall–Kier alpha value is -5.00. The number of benzene rings is 3. The van der Waals surface area contributed by atoms with Crippen molar-refractivity contribution in [2.75, 3.05) is 28.3 Å². The molecule has 0 spiro atoms. The van der Waals surface area contributed by atoms with Gasteiger partial charge in [0.25, 0.3) is 0 Å². The van der Waals surface area contributed by atoms with E-state index in [1.54, 1.807) is 12.3 Å². The van der Waals surface area contributed by atoms with E-state index < -0.39 is 11.5 Å². The van der Waals surface area contributed by atoms with Crippen LogP contribution in [0.1, 0.15) is 29.8 Å². The molecular formula is C36H27BrN6O3S. The van der Waals surface area contributed by atoms with Gasteiger partial charge in [0.1, 0.15) is 17.6 Å². The normalized spacial score (nSPS) is 19.3. The Labute approximate surface area is 282 Å². The summed E-state index contributed by atoms with van der Waals surface area (Å²) in [5, 5.41) is 7.03. The molecular weight excluding hydrogens is 676 g/mol. The standard InChI is InChI=1S/C36H27BrN6O3S/c1-20-12-27-26-14-31(44)25-9-4-3-8-23(25)24(26)10-11-28(27)36(2,33(20)46)43-19-42(30-15-38-18-39-34(30)43)16-32(45)41-35-40-29(17-47-35)21-6-5-7-22(37)13-21/h3-15,17-18,20H,16,19H2,1-2H3,(H,40,41,45). The predicted octanol–water partition coefficient (Wildman–Crippen LogP) is 5.14. The van der Waals surface area contributed by atoms with Crippen molar-refractivity contribution in [3.8, 4) is 22.4 Å². The number of ketones is 2. The molecule has 2 unspecified atom stereocenters. The number of fused-ring (bicyclic) bond motifs is 6. The lowest BCUT2D eigenvalue weighted by Crippen LogP contribution is -2.59. The summed E-state index contributed by atoms with van der Waals surface area (Å²) in [7, 11) is 0. The van der Waals surface area contributed by atoms with Crippen molar-refractivity contribution in [1.82, 2.24) is 15.0 Å². The largest absolute Gasteiger partial charge is 0.340 e. The van der Waals surface area contributed by atoms with Crippen LogP contribution in [0.3, 0.4) is 0 Å². The molecule has 1 N–H and O–H groups in total. The molecule has 0 saturated heterocycles. The second-order valence-corrected chi connectivity index (χ2v) is 13.8. The highest BCUT2D eigenvalue weighted by Gasteiger charge is 2.50. The number of rotatable bonds is 5. The summed E-state index contributed by atoms with van der Waals surface area (Å²) in [6.07, 6.45) is 6.79. The first-order valence-electron chi connectivity index (χ1n) is 15.1. The van der Waals surface area contributed by atoms with Gasteiger partial charge in [0, 0.05) is 26.9 Å². The smallest absolute Gasteiger partial charge is 0.245 e. The van der Waals surface area contributed by atoms with Crippen LogP contribution in [-0.2, 0) is 15.1 Å². The van der Waals surface area contributed by atoms with Crippen molar-refractivity contribution in [2.24, 2.45) is 5.92 Å². The molecule has 2 aliphatic carbocycles. The summed E-state index contributed by atoms with van der Waals surface area (Å²) < 4.78 is 0.949. The van der Waals surface area contributed by atoms with Gasteiger partial charge in [0.05, 0.1) is 25.1 Å². The van der Waals surface area contributed by atoms with E-state index in [0.717, 1.165) is 42.9 Å². The third-order valence-electron chi connectivity index (χ3n) is 9.21. The van der Waals surface area contributed by atoms with Gasteiger partial charge in [0.15, 0.2) is 22.5 Å². The van der Waals surface area contributed by atoms with E-state index in [-0.39, 0.29) is 30.7 Å². The van der Waals surface area contributed by atoms with Crippen LogP contribution >= 0.6 is 27.3 Å². The van der Waals surface area contributed by atoms with Gasteiger partial charge < -0.3 is 15.1 Å². The minimum absolute atomic E-state index is 0.00469. The van der Waals surface area contributed by atoms with E-state index in [1.807, 2.05) is 95.8 Å². The third kappa shape index (κ3) is 4.72. The first kappa shape index (κ1) is 29.4. The molecule has 5 aromatic rings. The van der Waals surface area contributed by atoms with Gasteiger partial charge in [-0.25, -0.2) is 15.0 Å². The van der Waals surface area contributed by atoms with Gasteiger partial charge in [-0.1, -0.05) is 77.5 Å². The van der Waals surface area contributed by atoms with Crippen molar-refractivity contribution >= 4 is 73.5 Å². The van der Waals surface area contributed by atoms with Crippen LogP contribution in [0, 0.1) is 5.92 Å². The lowest BCUT2D eigenvalue weighted by molar-refractivity contribution is -0.126. The molecule has 0 fully saturated rings. The molecule has 8 rings (SSSR count). The molecule has 2 aromatic heterocycles. The lowest BCUT2D eigenvalue weighted by atomic mass is 9.73. The number of anilines is 3. The van der Waals surface area contributed by atoms with E-state index in [9.17, 15) is 14.4 Å². The summed E-state index contributed by atoms with van der Waals surface area (Å²) in [5.74, 6) is -0.155. The van der Waals surface area contributed by atoms with Gasteiger partial charge in [-0.2, -0.15) is 0 Å². The number of hydrogen-bond acceptors (Lipinski definition) is 9. The second-order valence-electron chi connectivity index (χ2n) is 12.0. The van der Waals surface area contributed by atoms with Gasteiger partial charge in [-0.3, -0.25) is 14.4 Å². The maximum Gasteiger partial charge on any atom is 0.245 e. The van der Waals surface area contributed by atoms with Crippen LogP contribution in [0.15, 0.2) is 83.0 Å². The zero-order valence-electron chi connectivity index (χ0n) is 25.4. The van der Waals surface area contributed by atoms with Crippen molar-refractivity contribution in [1.29, 1.82) is 0 Å². The van der Waals surface area contributed by atoms with Crippen molar-refractivity contribution in [3.63, 3.8) is 0 Å². The molecule has 232 valence electrons. The van der Waals surface area contributed by atoms with Crippen molar-refractivity contribution < 1.29 is 14.4 Å². The Morgan fingerprint density at radius 3 is 2.72 bits per heavy atom. The molecule has 2 atom stereocenters. The molecule has 3 heterocycles. The highest BCUT2D eigenvalue weighted by atomic mass is 79.9. The van der Waals surface area contributed by atoms with Crippen LogP contribution in [-0.4, -0.2) is 45.6 Å². The van der Waals surface area contributed by atoms with Gasteiger partial charge in [0.2, 0.25) is 5.91 Å². The summed E-state index contributed by atoms with van der Waals surface area (Å²) in [6, 6.07) is 19.4. The minimum Gasteiger partial charge on any atom is -0.340 e. The number of carbonyl (C=O) groups excluding carboxylic acids is 3. The van der Waals surface area contributed by atoms with Gasteiger partial charge in [-0.15, -0.1) is 11.3 Å². The molecule has 3 aliphatic rings. The van der Waals surface area contributed by atoms with Crippen molar-refractivity contribution in [3.05, 3.63) is 105 Å². The van der Waals surface area contributed by atoms with Crippen LogP contribution in [0.5, 0.6) is 0 Å². The third-order valence-corrected chi connectivity index (χ3v) is 10.5. The lowest BCUT2D eigenvalue weighted by Gasteiger charge is -2.42. The van der Waals surface area contributed by atoms with E-state index >= 15 is 0 Å². The summed E-state index contributed by atoms with van der Waals surface area (Å²) in [4.78, 5) is 58.2. The number of amides is 1. The Morgan fingerprint density at radius 1 is 1.06 bits per heavy atom. The molecule has 0 bridgehead atoms. The number of nitrogens with zero attached hydrogens (tertiary/aromatic N) is 5. The fourth-order valence-corrected chi connectivity index (χ4v) is 8.08. The van der Waals surface area contributed by atoms with E-state index in [0.29, 0.717) is 22.2 Å². The molecule has 0 radical (unpaired) electrons. The van der Waals surface area contributed by atoms with Crippen LogP contribution in [0.25, 0.3) is 34.5 Å². The fourth-order valence-electron chi connectivity index (χ4n) is 6.95. The Morgan fingerprint density at radius 2 is 1.89 bits per heavy atom. The van der Waals surface area contributed by atoms with E-state index in [4.69, 9.17) is 0 Å². The molecule has 3 aromatic carbocycles. The summed E-state index contributed by atoms with van der Waals surface area (Å²) in [6.45, 7) is 4.04. The average molecular weight is 704 g/mol. The Balaban J connectivity index is 1.13. The Kier molecular flexibility index (Phi) is 6.92. The number of Topliss-reactive ketones (excluding diaryl/α,β-unsaturated/α-hetero) is 2. The number of hydrogen-bond donors (Lipinski definition) is 1. The topological polar surface area (TPSA) is 108 Å². The second kappa shape index (κ2) is 11.1. The molecule has 9 nitrogen and oxygen atoms in total. The number of aromatic nitrogens is 3. The molecule has 1 amide bonds. The summed E-state index contributed by atoms with van der Waals surface area (Å²) in [5.41, 5.74) is 4.56. The molecule has 11 heteroatoms. The maximum atomic E-state index is 14.2. The number of thiazole rings is 1. The SMILES string of the molecule is CC1C=c2c(ccc3c2=CC(=O)c2ccccc2-3)C(C)(N2CN(CC(=O)Nc3nc(-c4cccc(Br)c4)cs3)c3cncnc32)C1=O. The number of nitrogens with one attached hydrogen (secondary N) is 1. The van der Waals surface area contributed by atoms with Gasteiger partial charge in [-0.05, 0) is 52.3 Å². The first-order valence-corrected chi connectivity index (χ1v) is 16.8. The van der Waals surface area contributed by atoms with Crippen LogP contribution in [0.2, 0.25) is 0 Å². The summed E-state index contributed by atoms with van der Waals surface area (Å²) >= 11 is 4.85. The monoisotopic (exact) mass is 702 g/mol. The van der Waals surface area contributed by atoms with Gasteiger partial charge >= 0.3 is 0 Å². The zero-order chi connectivity index (χ0) is 32.4. The quantitative estimate of drug-likeness (QED) is 0.268. The number of halogens is 1. The predicted molar refractivity (Wildman–Crippen MR) is 187 cm³/mol. The highest BCUT2D eigenvalue weighted by molar-refractivity contribution is 9.10. The van der Waals surface area contributed by atoms with Crippen LogP contribution in [0.4, 0.5) is 16.6 Å². The molecule has 47 heavy (non-hydrogen) atoms. The number of carbonyl (C=O) groups is 3. The molecule has 1 aliphatic heterocycles. The zero-order valence-corrected chi connectivity index (χ0v) is 27.8. The average Bonchev–Trinajstić information content (AvgIpc) is 3.69. The van der Waals surface area contributed by atoms with Crippen LogP contribution < -0.4 is 25.6 Å². The Bertz CT molecular complexity index is 2290.